The molecule has 3 aromatic rings. The van der Waals surface area contributed by atoms with Crippen molar-refractivity contribution in [1.29, 1.82) is 0 Å². The van der Waals surface area contributed by atoms with Gasteiger partial charge in [0.25, 0.3) is 0 Å². The van der Waals surface area contributed by atoms with Crippen LogP contribution in [0.4, 0.5) is 0 Å². The topological polar surface area (TPSA) is 51.2 Å². The second kappa shape index (κ2) is 7.60. The minimum atomic E-state index is -1.19. The molecule has 2 aromatic carbocycles. The molecule has 1 aliphatic rings. The van der Waals surface area contributed by atoms with Gasteiger partial charge in [-0.1, -0.05) is 77.3 Å². The van der Waals surface area contributed by atoms with E-state index in [9.17, 15) is 4.79 Å². The third-order valence-electron chi connectivity index (χ3n) is 5.79. The summed E-state index contributed by atoms with van der Waals surface area (Å²) in [6, 6.07) is 17.8. The Balaban J connectivity index is 1.90. The quantitative estimate of drug-likeness (QED) is 0.478. The van der Waals surface area contributed by atoms with Gasteiger partial charge in [0, 0.05) is 23.7 Å². The molecule has 0 radical (unpaired) electrons. The summed E-state index contributed by atoms with van der Waals surface area (Å²) in [5.74, 6) is -0.997. The number of nitrogens with one attached hydrogen (secondary N) is 1. The highest BCUT2D eigenvalue weighted by Gasteiger charge is 2.65. The molecule has 2 atom stereocenters. The van der Waals surface area contributed by atoms with Crippen molar-refractivity contribution in [3.8, 4) is 0 Å². The minimum Gasteiger partial charge on any atom is -0.469 e. The molecule has 1 aromatic heterocycles. The number of para-hydroxylation sites is 1. The van der Waals surface area contributed by atoms with Gasteiger partial charge < -0.3 is 10.1 Å². The fourth-order valence-electron chi connectivity index (χ4n) is 4.21. The molecule has 0 aliphatic carbocycles. The number of rotatable bonds is 5. The molecule has 0 saturated carbocycles. The molecule has 2 heterocycles. The Morgan fingerprint density at radius 2 is 1.90 bits per heavy atom. The van der Waals surface area contributed by atoms with E-state index in [1.54, 1.807) is 6.20 Å². The van der Waals surface area contributed by atoms with E-state index in [-0.39, 0.29) is 5.97 Å². The van der Waals surface area contributed by atoms with Crippen LogP contribution in [0.3, 0.4) is 0 Å². The zero-order chi connectivity index (χ0) is 20.6. The van der Waals surface area contributed by atoms with Crippen LogP contribution in [0.2, 0.25) is 0 Å². The molecule has 1 N–H and O–H groups in total. The van der Waals surface area contributed by atoms with Crippen LogP contribution < -0.4 is 5.32 Å². The molecule has 4 rings (SSSR count). The van der Waals surface area contributed by atoms with E-state index in [1.165, 1.54) is 7.11 Å². The van der Waals surface area contributed by atoms with Gasteiger partial charge in [-0.2, -0.15) is 0 Å². The van der Waals surface area contributed by atoms with Crippen molar-refractivity contribution in [3.05, 3.63) is 77.5 Å². The van der Waals surface area contributed by atoms with Crippen LogP contribution in [0.5, 0.6) is 0 Å². The number of halogens is 2. The van der Waals surface area contributed by atoms with Crippen molar-refractivity contribution in [1.82, 2.24) is 10.3 Å². The number of benzene rings is 2. The summed E-state index contributed by atoms with van der Waals surface area (Å²) in [4.78, 5) is 17.6. The summed E-state index contributed by atoms with van der Waals surface area (Å²) in [5, 5.41) is 4.36. The Kier molecular flexibility index (Phi) is 5.28. The number of aromatic nitrogens is 1. The standard InChI is InChI=1S/C23H22Cl2N2O2/c1-15-8-10-16(11-9-15)13-19(21(28)29-2)23(22(24,25)14-27-23)18-7-3-5-17-6-4-12-26-20(17)18/h3-12,19,27H,13-14H2,1-2H3. The summed E-state index contributed by atoms with van der Waals surface area (Å²) in [5.41, 5.74) is 2.71. The molecule has 4 nitrogen and oxygen atoms in total. The minimum absolute atomic E-state index is 0.362. The first-order valence-corrected chi connectivity index (χ1v) is 10.2. The number of carbonyl (C=O) groups is 1. The molecular weight excluding hydrogens is 407 g/mol. The second-order valence-electron chi connectivity index (χ2n) is 7.51. The smallest absolute Gasteiger partial charge is 0.311 e. The zero-order valence-corrected chi connectivity index (χ0v) is 17.8. The van der Waals surface area contributed by atoms with Gasteiger partial charge in [0.15, 0.2) is 4.33 Å². The average molecular weight is 429 g/mol. The van der Waals surface area contributed by atoms with E-state index < -0.39 is 15.8 Å². The van der Waals surface area contributed by atoms with Crippen LogP contribution in [0.15, 0.2) is 60.8 Å². The maximum atomic E-state index is 13.0. The van der Waals surface area contributed by atoms with Crippen LogP contribution in [0.1, 0.15) is 16.7 Å². The lowest BCUT2D eigenvalue weighted by Crippen LogP contribution is -2.74. The molecule has 6 heteroatoms. The Bertz CT molecular complexity index is 1050. The Morgan fingerprint density at radius 3 is 2.52 bits per heavy atom. The van der Waals surface area contributed by atoms with Crippen molar-refractivity contribution < 1.29 is 9.53 Å². The van der Waals surface area contributed by atoms with Crippen LogP contribution in [-0.2, 0) is 21.5 Å². The maximum Gasteiger partial charge on any atom is 0.311 e. The van der Waals surface area contributed by atoms with E-state index >= 15 is 0 Å². The molecule has 0 bridgehead atoms. The molecule has 1 saturated heterocycles. The second-order valence-corrected chi connectivity index (χ2v) is 9.00. The predicted octanol–water partition coefficient (Wildman–Crippen LogP) is 4.55. The molecule has 1 aliphatic heterocycles. The van der Waals surface area contributed by atoms with Gasteiger partial charge in [-0.15, -0.1) is 0 Å². The zero-order valence-electron chi connectivity index (χ0n) is 16.3. The van der Waals surface area contributed by atoms with Crippen molar-refractivity contribution in [2.45, 2.75) is 23.2 Å². The highest BCUT2D eigenvalue weighted by Crippen LogP contribution is 2.54. The number of methoxy groups -OCH3 is 1. The van der Waals surface area contributed by atoms with E-state index in [4.69, 9.17) is 27.9 Å². The van der Waals surface area contributed by atoms with Crippen molar-refractivity contribution in [2.75, 3.05) is 13.7 Å². The van der Waals surface area contributed by atoms with E-state index in [2.05, 4.69) is 10.3 Å². The van der Waals surface area contributed by atoms with Crippen LogP contribution >= 0.6 is 23.2 Å². The number of nitrogens with zero attached hydrogens (tertiary/aromatic N) is 1. The van der Waals surface area contributed by atoms with Gasteiger partial charge in [0.1, 0.15) is 0 Å². The number of pyridine rings is 1. The number of carbonyl (C=O) groups excluding carboxylic acids is 1. The lowest BCUT2D eigenvalue weighted by Gasteiger charge is -2.56. The number of esters is 1. The first-order chi connectivity index (χ1) is 13.9. The third-order valence-corrected chi connectivity index (χ3v) is 6.66. The highest BCUT2D eigenvalue weighted by molar-refractivity contribution is 6.50. The molecule has 2 unspecified atom stereocenters. The van der Waals surface area contributed by atoms with E-state index in [0.717, 1.165) is 27.6 Å². The maximum absolute atomic E-state index is 13.0. The van der Waals surface area contributed by atoms with Crippen molar-refractivity contribution in [2.24, 2.45) is 5.92 Å². The first-order valence-electron chi connectivity index (χ1n) is 9.49. The third kappa shape index (κ3) is 3.29. The monoisotopic (exact) mass is 428 g/mol. The number of alkyl halides is 2. The summed E-state index contributed by atoms with van der Waals surface area (Å²) in [6.45, 7) is 2.39. The summed E-state index contributed by atoms with van der Waals surface area (Å²) < 4.78 is 4.01. The van der Waals surface area contributed by atoms with Crippen molar-refractivity contribution in [3.63, 3.8) is 0 Å². The highest BCUT2D eigenvalue weighted by atomic mass is 35.5. The van der Waals surface area contributed by atoms with E-state index in [0.29, 0.717) is 13.0 Å². The lowest BCUT2D eigenvalue weighted by atomic mass is 9.67. The molecule has 150 valence electrons. The molecule has 0 amide bonds. The predicted molar refractivity (Wildman–Crippen MR) is 116 cm³/mol. The van der Waals surface area contributed by atoms with Crippen LogP contribution in [0.25, 0.3) is 10.9 Å². The van der Waals surface area contributed by atoms with Gasteiger partial charge in [-0.3, -0.25) is 9.78 Å². The van der Waals surface area contributed by atoms with Crippen LogP contribution in [0, 0.1) is 12.8 Å². The summed E-state index contributed by atoms with van der Waals surface area (Å²) >= 11 is 13.6. The summed E-state index contributed by atoms with van der Waals surface area (Å²) in [7, 11) is 1.39. The Hall–Kier alpha value is -2.14. The molecule has 0 spiro atoms. The van der Waals surface area contributed by atoms with Crippen LogP contribution in [-0.4, -0.2) is 28.9 Å². The Labute approximate surface area is 180 Å². The number of hydrogen-bond donors (Lipinski definition) is 1. The Morgan fingerprint density at radius 1 is 1.17 bits per heavy atom. The largest absolute Gasteiger partial charge is 0.469 e. The number of aryl methyl sites for hydroxylation is 1. The average Bonchev–Trinajstić information content (AvgIpc) is 2.73. The fourth-order valence-corrected chi connectivity index (χ4v) is 4.94. The summed E-state index contributed by atoms with van der Waals surface area (Å²) in [6.07, 6.45) is 2.17. The van der Waals surface area contributed by atoms with Crippen molar-refractivity contribution >= 4 is 40.1 Å². The number of ether oxygens (including phenoxy) is 1. The number of hydrogen-bond acceptors (Lipinski definition) is 4. The van der Waals surface area contributed by atoms with Gasteiger partial charge in [-0.05, 0) is 25.0 Å². The molecule has 1 fully saturated rings. The van der Waals surface area contributed by atoms with Gasteiger partial charge in [0.05, 0.1) is 24.1 Å². The van der Waals surface area contributed by atoms with E-state index in [1.807, 2.05) is 61.5 Å². The SMILES string of the molecule is COC(=O)C(Cc1ccc(C)cc1)C1(c2cccc3cccnc23)NCC1(Cl)Cl. The first kappa shape index (κ1) is 20.1. The molecular formula is C23H22Cl2N2O2. The molecule has 29 heavy (non-hydrogen) atoms. The normalized spacial score (nSPS) is 21.4. The van der Waals surface area contributed by atoms with Gasteiger partial charge >= 0.3 is 5.97 Å². The van der Waals surface area contributed by atoms with Gasteiger partial charge in [0.2, 0.25) is 0 Å². The lowest BCUT2D eigenvalue weighted by molar-refractivity contribution is -0.151. The fraction of sp³-hybridized carbons (Fsp3) is 0.304. The van der Waals surface area contributed by atoms with Gasteiger partial charge in [-0.25, -0.2) is 0 Å². The number of fused-ring (bicyclic) bond motifs is 1.